The summed E-state index contributed by atoms with van der Waals surface area (Å²) in [5, 5.41) is -0.0785. The fourth-order valence-corrected chi connectivity index (χ4v) is 2.59. The van der Waals surface area contributed by atoms with E-state index in [2.05, 4.69) is 0 Å². The fraction of sp³-hybridized carbons (Fsp3) is 0.462. The molecule has 1 atom stereocenters. The summed E-state index contributed by atoms with van der Waals surface area (Å²) in [6.07, 6.45) is 2.71. The van der Waals surface area contributed by atoms with Gasteiger partial charge in [-0.3, -0.25) is 4.79 Å². The molecule has 0 aliphatic carbocycles. The number of halogens is 3. The Morgan fingerprint density at radius 2 is 2.05 bits per heavy atom. The summed E-state index contributed by atoms with van der Waals surface area (Å²) >= 11 is 5.82. The van der Waals surface area contributed by atoms with E-state index in [1.165, 1.54) is 0 Å². The third-order valence-corrected chi connectivity index (χ3v) is 3.71. The van der Waals surface area contributed by atoms with E-state index in [1.807, 2.05) is 0 Å². The number of carbonyl (C=O) groups excluding carboxylic acids is 1. The maximum atomic E-state index is 13.2. The number of piperidine rings is 1. The van der Waals surface area contributed by atoms with E-state index in [1.54, 1.807) is 4.90 Å². The number of hydrogen-bond donors (Lipinski definition) is 1. The summed E-state index contributed by atoms with van der Waals surface area (Å²) in [6, 6.07) is 1.61. The van der Waals surface area contributed by atoms with Crippen molar-refractivity contribution in [3.05, 3.63) is 34.4 Å². The summed E-state index contributed by atoms with van der Waals surface area (Å²) in [5.74, 6) is -2.52. The molecule has 1 aliphatic rings. The van der Waals surface area contributed by atoms with Gasteiger partial charge >= 0.3 is 0 Å². The largest absolute Gasteiger partial charge is 0.334 e. The van der Waals surface area contributed by atoms with Gasteiger partial charge < -0.3 is 10.6 Å². The number of nitrogens with zero attached hydrogens (tertiary/aromatic N) is 1. The molecule has 1 fully saturated rings. The Balaban J connectivity index is 2.30. The molecule has 1 aromatic carbocycles. The minimum atomic E-state index is -1.07. The van der Waals surface area contributed by atoms with Crippen LogP contribution in [0.5, 0.6) is 0 Å². The average Bonchev–Trinajstić information content (AvgIpc) is 2.42. The molecular formula is C13H15ClF2N2O. The molecule has 1 heterocycles. The van der Waals surface area contributed by atoms with Crippen molar-refractivity contribution in [1.82, 2.24) is 4.90 Å². The molecule has 6 heteroatoms. The number of nitrogens with two attached hydrogens (primary N) is 1. The molecule has 3 nitrogen and oxygen atoms in total. The van der Waals surface area contributed by atoms with Crippen molar-refractivity contribution in [1.29, 1.82) is 0 Å². The van der Waals surface area contributed by atoms with Gasteiger partial charge in [0.2, 0.25) is 0 Å². The maximum absolute atomic E-state index is 13.2. The average molecular weight is 289 g/mol. The van der Waals surface area contributed by atoms with Crippen molar-refractivity contribution in [3.8, 4) is 0 Å². The van der Waals surface area contributed by atoms with Crippen LogP contribution in [0.15, 0.2) is 12.1 Å². The molecule has 0 bridgehead atoms. The summed E-state index contributed by atoms with van der Waals surface area (Å²) in [4.78, 5) is 13.9. The Morgan fingerprint density at radius 1 is 1.37 bits per heavy atom. The second-order valence-corrected chi connectivity index (χ2v) is 5.04. The van der Waals surface area contributed by atoms with Crippen LogP contribution in [0.4, 0.5) is 8.78 Å². The van der Waals surface area contributed by atoms with Crippen LogP contribution in [0.25, 0.3) is 0 Å². The number of likely N-dealkylation sites (tertiary alicyclic amines) is 1. The predicted molar refractivity (Wildman–Crippen MR) is 69.1 cm³/mol. The van der Waals surface area contributed by atoms with Crippen LogP contribution in [0.1, 0.15) is 29.6 Å². The monoisotopic (exact) mass is 288 g/mol. The number of carbonyl (C=O) groups is 1. The third-order valence-electron chi connectivity index (χ3n) is 3.40. The van der Waals surface area contributed by atoms with Crippen LogP contribution < -0.4 is 5.73 Å². The number of hydrogen-bond acceptors (Lipinski definition) is 2. The highest BCUT2D eigenvalue weighted by Gasteiger charge is 2.28. The van der Waals surface area contributed by atoms with Gasteiger partial charge in [-0.2, -0.15) is 0 Å². The summed E-state index contributed by atoms with van der Waals surface area (Å²) in [6.45, 7) is 0.920. The number of amides is 1. The Kier molecular flexibility index (Phi) is 4.37. The lowest BCUT2D eigenvalue weighted by Gasteiger charge is -2.35. The zero-order valence-electron chi connectivity index (χ0n) is 10.3. The Bertz CT molecular complexity index is 496. The normalized spacial score (nSPS) is 19.6. The van der Waals surface area contributed by atoms with Gasteiger partial charge in [-0.25, -0.2) is 8.78 Å². The highest BCUT2D eigenvalue weighted by atomic mass is 35.5. The molecule has 104 valence electrons. The third kappa shape index (κ3) is 2.87. The van der Waals surface area contributed by atoms with Gasteiger partial charge in [-0.15, -0.1) is 0 Å². The van der Waals surface area contributed by atoms with Gasteiger partial charge in [-0.05, 0) is 31.4 Å². The quantitative estimate of drug-likeness (QED) is 0.850. The summed E-state index contributed by atoms with van der Waals surface area (Å²) in [7, 11) is 0. The fourth-order valence-electron chi connectivity index (χ4n) is 2.35. The molecule has 19 heavy (non-hydrogen) atoms. The van der Waals surface area contributed by atoms with E-state index in [-0.39, 0.29) is 22.5 Å². The predicted octanol–water partition coefficient (Wildman–Crippen LogP) is 2.57. The maximum Gasteiger partial charge on any atom is 0.255 e. The molecule has 1 amide bonds. The zero-order chi connectivity index (χ0) is 14.0. The Hall–Kier alpha value is -1.20. The summed E-state index contributed by atoms with van der Waals surface area (Å²) < 4.78 is 26.2. The molecule has 0 saturated carbocycles. The van der Waals surface area contributed by atoms with Gasteiger partial charge in [0.05, 0.1) is 10.6 Å². The number of benzene rings is 1. The van der Waals surface area contributed by atoms with Crippen LogP contribution in [0.2, 0.25) is 5.02 Å². The summed E-state index contributed by atoms with van der Waals surface area (Å²) in [5.41, 5.74) is 5.63. The smallest absolute Gasteiger partial charge is 0.255 e. The molecule has 2 N–H and O–H groups in total. The molecule has 1 aliphatic heterocycles. The lowest BCUT2D eigenvalue weighted by Crippen LogP contribution is -2.47. The standard InChI is InChI=1S/C13H15ClF2N2O/c14-10-6-12(16)11(15)5-9(10)13(19)18-4-2-1-3-8(18)7-17/h5-6,8H,1-4,7,17H2. The molecular weight excluding hydrogens is 274 g/mol. The first-order valence-electron chi connectivity index (χ1n) is 6.20. The van der Waals surface area contributed by atoms with Crippen molar-refractivity contribution in [2.45, 2.75) is 25.3 Å². The van der Waals surface area contributed by atoms with Gasteiger partial charge in [0, 0.05) is 19.1 Å². The highest BCUT2D eigenvalue weighted by molar-refractivity contribution is 6.33. The Labute approximate surface area is 115 Å². The van der Waals surface area contributed by atoms with E-state index in [9.17, 15) is 13.6 Å². The number of rotatable bonds is 2. The first-order chi connectivity index (χ1) is 9.04. The minimum Gasteiger partial charge on any atom is -0.334 e. The van der Waals surface area contributed by atoms with Gasteiger partial charge in [0.1, 0.15) is 0 Å². The highest BCUT2D eigenvalue weighted by Crippen LogP contribution is 2.25. The minimum absolute atomic E-state index is 0.0130. The molecule has 2 rings (SSSR count). The van der Waals surface area contributed by atoms with E-state index >= 15 is 0 Å². The Morgan fingerprint density at radius 3 is 2.74 bits per heavy atom. The second-order valence-electron chi connectivity index (χ2n) is 4.63. The van der Waals surface area contributed by atoms with Crippen LogP contribution in [0, 0.1) is 11.6 Å². The van der Waals surface area contributed by atoms with Crippen molar-refractivity contribution in [2.75, 3.05) is 13.1 Å². The lowest BCUT2D eigenvalue weighted by molar-refractivity contribution is 0.0623. The SMILES string of the molecule is NCC1CCCCN1C(=O)c1cc(F)c(F)cc1Cl. The van der Waals surface area contributed by atoms with E-state index in [4.69, 9.17) is 17.3 Å². The molecule has 1 unspecified atom stereocenters. The first kappa shape index (κ1) is 14.2. The van der Waals surface area contributed by atoms with Gasteiger partial charge in [0.15, 0.2) is 11.6 Å². The van der Waals surface area contributed by atoms with Crippen molar-refractivity contribution in [2.24, 2.45) is 5.73 Å². The van der Waals surface area contributed by atoms with E-state index in [0.29, 0.717) is 13.1 Å². The van der Waals surface area contributed by atoms with Crippen molar-refractivity contribution >= 4 is 17.5 Å². The van der Waals surface area contributed by atoms with Crippen LogP contribution in [-0.4, -0.2) is 29.9 Å². The van der Waals surface area contributed by atoms with Crippen molar-refractivity contribution < 1.29 is 13.6 Å². The molecule has 1 saturated heterocycles. The van der Waals surface area contributed by atoms with Crippen molar-refractivity contribution in [3.63, 3.8) is 0 Å². The zero-order valence-corrected chi connectivity index (χ0v) is 11.1. The van der Waals surface area contributed by atoms with Crippen LogP contribution >= 0.6 is 11.6 Å². The van der Waals surface area contributed by atoms with Gasteiger partial charge in [0.25, 0.3) is 5.91 Å². The molecule has 0 spiro atoms. The molecule has 0 radical (unpaired) electrons. The molecule has 1 aromatic rings. The topological polar surface area (TPSA) is 46.3 Å². The lowest BCUT2D eigenvalue weighted by atomic mass is 10.0. The van der Waals surface area contributed by atoms with E-state index in [0.717, 1.165) is 31.4 Å². The molecule has 0 aromatic heterocycles. The van der Waals surface area contributed by atoms with Gasteiger partial charge in [-0.1, -0.05) is 11.6 Å². The van der Waals surface area contributed by atoms with Crippen LogP contribution in [-0.2, 0) is 0 Å². The second kappa shape index (κ2) is 5.84. The van der Waals surface area contributed by atoms with Crippen LogP contribution in [0.3, 0.4) is 0 Å². The van der Waals surface area contributed by atoms with E-state index < -0.39 is 11.6 Å². The first-order valence-corrected chi connectivity index (χ1v) is 6.58.